The van der Waals surface area contributed by atoms with Crippen LogP contribution < -0.4 is 0 Å². The summed E-state index contributed by atoms with van der Waals surface area (Å²) in [5.74, 6) is 0.671. The summed E-state index contributed by atoms with van der Waals surface area (Å²) in [6.45, 7) is 2.81. The van der Waals surface area contributed by atoms with Crippen LogP contribution in [0.25, 0.3) is 0 Å². The summed E-state index contributed by atoms with van der Waals surface area (Å²) in [6.07, 6.45) is 6.10. The lowest BCUT2D eigenvalue weighted by atomic mass is 9.90. The van der Waals surface area contributed by atoms with Crippen LogP contribution in [0.1, 0.15) is 53.6 Å². The second-order valence-electron chi connectivity index (χ2n) is 8.84. The number of likely N-dealkylation sites (tertiary alicyclic amines) is 1. The van der Waals surface area contributed by atoms with E-state index in [0.717, 1.165) is 57.2 Å². The van der Waals surface area contributed by atoms with Gasteiger partial charge in [-0.15, -0.1) is 0 Å². The Hall–Kier alpha value is -2.18. The minimum atomic E-state index is -3.28. The number of rotatable bonds is 6. The van der Waals surface area contributed by atoms with E-state index in [2.05, 4.69) is 24.3 Å². The molecule has 0 aromatic heterocycles. The fourth-order valence-corrected chi connectivity index (χ4v) is 6.27. The molecule has 1 amide bonds. The Kier molecular flexibility index (Phi) is 7.08. The van der Waals surface area contributed by atoms with Crippen molar-refractivity contribution < 1.29 is 13.2 Å². The lowest BCUT2D eigenvalue weighted by molar-refractivity contribution is 0.0690. The molecule has 0 unspecified atom stereocenters. The number of piperidine rings is 2. The fraction of sp³-hybridized carbons (Fsp3) is 0.480. The molecule has 0 atom stereocenters. The van der Waals surface area contributed by atoms with E-state index in [1.54, 1.807) is 28.6 Å². The standard InChI is InChI=1S/C25H32N2O3S/c28-25(26-17-13-22(14-18-26)19-21-7-3-1-4-8-21)24-11-9-23(10-12-24)20-31(29,30)27-15-5-2-6-16-27/h1,3-4,7-12,22H,2,5-6,13-20H2. The highest BCUT2D eigenvalue weighted by Crippen LogP contribution is 2.23. The lowest BCUT2D eigenvalue weighted by Gasteiger charge is -2.32. The van der Waals surface area contributed by atoms with Gasteiger partial charge in [0.1, 0.15) is 0 Å². The van der Waals surface area contributed by atoms with Crippen molar-refractivity contribution in [3.05, 3.63) is 71.3 Å². The first-order chi connectivity index (χ1) is 15.0. The first kappa shape index (κ1) is 22.0. The van der Waals surface area contributed by atoms with Crippen LogP contribution in [-0.4, -0.2) is 49.7 Å². The van der Waals surface area contributed by atoms with Gasteiger partial charge in [0, 0.05) is 31.7 Å². The molecule has 0 bridgehead atoms. The number of nitrogens with zero attached hydrogens (tertiary/aromatic N) is 2. The second-order valence-corrected chi connectivity index (χ2v) is 10.8. The number of benzene rings is 2. The van der Waals surface area contributed by atoms with Crippen LogP contribution in [0.15, 0.2) is 54.6 Å². The summed E-state index contributed by atoms with van der Waals surface area (Å²) in [5.41, 5.74) is 2.74. The maximum absolute atomic E-state index is 12.9. The quantitative estimate of drug-likeness (QED) is 0.680. The highest BCUT2D eigenvalue weighted by molar-refractivity contribution is 7.88. The number of sulfonamides is 1. The molecule has 0 N–H and O–H groups in total. The average Bonchev–Trinajstić information content (AvgIpc) is 2.81. The molecule has 4 rings (SSSR count). The minimum Gasteiger partial charge on any atom is -0.339 e. The molecule has 0 radical (unpaired) electrons. The van der Waals surface area contributed by atoms with Crippen molar-refractivity contribution >= 4 is 15.9 Å². The number of carbonyl (C=O) groups is 1. The van der Waals surface area contributed by atoms with Crippen molar-refractivity contribution in [2.24, 2.45) is 5.92 Å². The fourth-order valence-electron chi connectivity index (χ4n) is 4.66. The first-order valence-corrected chi connectivity index (χ1v) is 13.0. The molecular weight excluding hydrogens is 408 g/mol. The molecular formula is C25H32N2O3S. The van der Waals surface area contributed by atoms with Gasteiger partial charge in [-0.25, -0.2) is 12.7 Å². The van der Waals surface area contributed by atoms with Gasteiger partial charge in [-0.3, -0.25) is 4.79 Å². The molecule has 166 valence electrons. The summed E-state index contributed by atoms with van der Waals surface area (Å²) in [7, 11) is -3.28. The van der Waals surface area contributed by atoms with Gasteiger partial charge in [0.25, 0.3) is 5.91 Å². The van der Waals surface area contributed by atoms with Crippen LogP contribution in [0, 0.1) is 5.92 Å². The third kappa shape index (κ3) is 5.74. The summed E-state index contributed by atoms with van der Waals surface area (Å²) in [6, 6.07) is 17.7. The third-order valence-electron chi connectivity index (χ3n) is 6.53. The summed E-state index contributed by atoms with van der Waals surface area (Å²) in [4.78, 5) is 14.8. The van der Waals surface area contributed by atoms with E-state index in [0.29, 0.717) is 24.6 Å². The van der Waals surface area contributed by atoms with Gasteiger partial charge >= 0.3 is 0 Å². The first-order valence-electron chi connectivity index (χ1n) is 11.4. The SMILES string of the molecule is O=C(c1ccc(CS(=O)(=O)N2CCCCC2)cc1)N1CCC(Cc2ccccc2)CC1. The van der Waals surface area contributed by atoms with Gasteiger partial charge in [-0.2, -0.15) is 0 Å². The van der Waals surface area contributed by atoms with Crippen LogP contribution in [0.2, 0.25) is 0 Å². The monoisotopic (exact) mass is 440 g/mol. The highest BCUT2D eigenvalue weighted by atomic mass is 32.2. The largest absolute Gasteiger partial charge is 0.339 e. The van der Waals surface area contributed by atoms with Gasteiger partial charge < -0.3 is 4.90 Å². The summed E-state index contributed by atoms with van der Waals surface area (Å²) >= 11 is 0. The van der Waals surface area contributed by atoms with Crippen LogP contribution in [0.3, 0.4) is 0 Å². The van der Waals surface area contributed by atoms with E-state index in [9.17, 15) is 13.2 Å². The molecule has 31 heavy (non-hydrogen) atoms. The summed E-state index contributed by atoms with van der Waals surface area (Å²) < 4.78 is 26.9. The van der Waals surface area contributed by atoms with Crippen molar-refractivity contribution in [2.45, 2.75) is 44.3 Å². The molecule has 2 aliphatic rings. The van der Waals surface area contributed by atoms with E-state index in [1.165, 1.54) is 5.56 Å². The predicted octanol–water partition coefficient (Wildman–Crippen LogP) is 4.10. The Bertz CT molecular complexity index is 960. The molecule has 0 saturated carbocycles. The van der Waals surface area contributed by atoms with Gasteiger partial charge in [0.05, 0.1) is 5.75 Å². The van der Waals surface area contributed by atoms with Gasteiger partial charge in [-0.05, 0) is 61.3 Å². The number of hydrogen-bond donors (Lipinski definition) is 0. The topological polar surface area (TPSA) is 57.7 Å². The molecule has 2 aromatic carbocycles. The Morgan fingerprint density at radius 3 is 2.10 bits per heavy atom. The zero-order valence-corrected chi connectivity index (χ0v) is 18.9. The lowest BCUT2D eigenvalue weighted by Crippen LogP contribution is -2.39. The molecule has 6 heteroatoms. The zero-order chi connectivity index (χ0) is 21.7. The molecule has 2 aliphatic heterocycles. The Labute approximate surface area is 186 Å². The molecule has 2 fully saturated rings. The van der Waals surface area contributed by atoms with E-state index in [1.807, 2.05) is 11.0 Å². The van der Waals surface area contributed by atoms with Crippen LogP contribution in [-0.2, 0) is 22.2 Å². The number of amides is 1. The van der Waals surface area contributed by atoms with Crippen molar-refractivity contribution in [1.82, 2.24) is 9.21 Å². The maximum atomic E-state index is 12.9. The maximum Gasteiger partial charge on any atom is 0.253 e. The van der Waals surface area contributed by atoms with Crippen molar-refractivity contribution in [1.29, 1.82) is 0 Å². The summed E-state index contributed by atoms with van der Waals surface area (Å²) in [5, 5.41) is 0. The Morgan fingerprint density at radius 1 is 0.806 bits per heavy atom. The zero-order valence-electron chi connectivity index (χ0n) is 18.1. The molecule has 2 heterocycles. The molecule has 5 nitrogen and oxygen atoms in total. The number of carbonyl (C=O) groups excluding carboxylic acids is 1. The van der Waals surface area contributed by atoms with Gasteiger partial charge in [-0.1, -0.05) is 48.9 Å². The normalized spacial score (nSPS) is 18.8. The smallest absolute Gasteiger partial charge is 0.253 e. The minimum absolute atomic E-state index is 0.00630. The van der Waals surface area contributed by atoms with Gasteiger partial charge in [0.15, 0.2) is 0 Å². The van der Waals surface area contributed by atoms with Crippen molar-refractivity contribution in [3.63, 3.8) is 0 Å². The van der Waals surface area contributed by atoms with E-state index >= 15 is 0 Å². The van der Waals surface area contributed by atoms with Crippen LogP contribution in [0.5, 0.6) is 0 Å². The highest BCUT2D eigenvalue weighted by Gasteiger charge is 2.26. The molecule has 0 spiro atoms. The van der Waals surface area contributed by atoms with Crippen molar-refractivity contribution in [3.8, 4) is 0 Å². The van der Waals surface area contributed by atoms with E-state index < -0.39 is 10.0 Å². The molecule has 2 aromatic rings. The van der Waals surface area contributed by atoms with E-state index in [-0.39, 0.29) is 11.7 Å². The molecule has 0 aliphatic carbocycles. The predicted molar refractivity (Wildman–Crippen MR) is 123 cm³/mol. The Balaban J connectivity index is 1.30. The Morgan fingerprint density at radius 2 is 1.45 bits per heavy atom. The van der Waals surface area contributed by atoms with Gasteiger partial charge in [0.2, 0.25) is 10.0 Å². The van der Waals surface area contributed by atoms with Crippen LogP contribution in [0.4, 0.5) is 0 Å². The third-order valence-corrected chi connectivity index (χ3v) is 8.38. The average molecular weight is 441 g/mol. The second kappa shape index (κ2) is 9.96. The van der Waals surface area contributed by atoms with E-state index in [4.69, 9.17) is 0 Å². The number of hydrogen-bond acceptors (Lipinski definition) is 3. The van der Waals surface area contributed by atoms with Crippen molar-refractivity contribution in [2.75, 3.05) is 26.2 Å². The van der Waals surface area contributed by atoms with Crippen LogP contribution >= 0.6 is 0 Å². The molecule has 2 saturated heterocycles.